The van der Waals surface area contributed by atoms with Crippen LogP contribution in [0, 0.1) is 0 Å². The molecule has 0 aliphatic carbocycles. The van der Waals surface area contributed by atoms with E-state index in [1.54, 1.807) is 6.92 Å². The quantitative estimate of drug-likeness (QED) is 0.533. The van der Waals surface area contributed by atoms with Gasteiger partial charge in [-0.05, 0) is 19.9 Å². The van der Waals surface area contributed by atoms with Crippen LogP contribution in [0.5, 0.6) is 0 Å². The highest BCUT2D eigenvalue weighted by atomic mass is 32.2. The van der Waals surface area contributed by atoms with Crippen LogP contribution in [-0.2, 0) is 19.1 Å². The van der Waals surface area contributed by atoms with E-state index in [1.807, 2.05) is 0 Å². The Hall–Kier alpha value is -0.880. The van der Waals surface area contributed by atoms with Crippen LogP contribution < -0.4 is 0 Å². The zero-order valence-electron chi connectivity index (χ0n) is 7.64. The van der Waals surface area contributed by atoms with Crippen molar-refractivity contribution in [3.8, 4) is 0 Å². The lowest BCUT2D eigenvalue weighted by Crippen LogP contribution is -2.38. The second-order valence-corrected chi connectivity index (χ2v) is 4.27. The molecule has 0 rings (SSSR count). The first kappa shape index (κ1) is 12.1. The fraction of sp³-hybridized carbons (Fsp3) is 0.571. The first-order chi connectivity index (χ1) is 5.71. The third kappa shape index (κ3) is 4.05. The van der Waals surface area contributed by atoms with E-state index in [2.05, 4.69) is 4.18 Å². The summed E-state index contributed by atoms with van der Waals surface area (Å²) < 4.78 is 25.8. The summed E-state index contributed by atoms with van der Waals surface area (Å²) >= 11 is 0. The molecule has 0 radical (unpaired) electrons. The van der Waals surface area contributed by atoms with Gasteiger partial charge >= 0.3 is 5.97 Å². The maximum absolute atomic E-state index is 10.7. The van der Waals surface area contributed by atoms with Gasteiger partial charge in [-0.3, -0.25) is 0 Å². The van der Waals surface area contributed by atoms with Gasteiger partial charge in [0.25, 0.3) is 10.1 Å². The van der Waals surface area contributed by atoms with E-state index in [0.717, 1.165) is 19.3 Å². The second-order valence-electron chi connectivity index (χ2n) is 2.70. The van der Waals surface area contributed by atoms with Crippen molar-refractivity contribution in [2.45, 2.75) is 19.4 Å². The molecule has 0 aromatic rings. The van der Waals surface area contributed by atoms with Crippen molar-refractivity contribution in [2.24, 2.45) is 0 Å². The molecular weight excluding hydrogens is 196 g/mol. The topological polar surface area (TPSA) is 80.7 Å². The summed E-state index contributed by atoms with van der Waals surface area (Å²) in [6, 6.07) is 0. The molecule has 0 aromatic carbocycles. The normalized spacial score (nSPS) is 17.2. The molecule has 5 nitrogen and oxygen atoms in total. The molecule has 1 unspecified atom stereocenters. The Morgan fingerprint density at radius 1 is 1.54 bits per heavy atom. The van der Waals surface area contributed by atoms with Gasteiger partial charge < -0.3 is 5.11 Å². The Morgan fingerprint density at radius 2 is 2.00 bits per heavy atom. The molecular formula is C7H12O5S. The third-order valence-corrected chi connectivity index (χ3v) is 1.88. The van der Waals surface area contributed by atoms with Crippen molar-refractivity contribution in [1.29, 1.82) is 0 Å². The van der Waals surface area contributed by atoms with Crippen molar-refractivity contribution in [1.82, 2.24) is 0 Å². The largest absolute Gasteiger partial charge is 0.479 e. The Labute approximate surface area is 77.1 Å². The molecule has 0 amide bonds. The molecule has 13 heavy (non-hydrogen) atoms. The molecule has 1 atom stereocenters. The summed E-state index contributed by atoms with van der Waals surface area (Å²) in [4.78, 5) is 10.6. The molecule has 76 valence electrons. The zero-order valence-corrected chi connectivity index (χ0v) is 8.46. The molecule has 0 aromatic heterocycles. The average molecular weight is 208 g/mol. The summed E-state index contributed by atoms with van der Waals surface area (Å²) in [5, 5.41) is 8.69. The summed E-state index contributed by atoms with van der Waals surface area (Å²) in [5.41, 5.74) is -1.82. The molecule has 0 saturated heterocycles. The molecule has 0 bridgehead atoms. The van der Waals surface area contributed by atoms with E-state index in [1.165, 1.54) is 6.08 Å². The van der Waals surface area contributed by atoms with Crippen LogP contribution in [0.1, 0.15) is 13.8 Å². The molecule has 0 aliphatic rings. The van der Waals surface area contributed by atoms with Crippen LogP contribution in [0.15, 0.2) is 12.2 Å². The van der Waals surface area contributed by atoms with Crippen molar-refractivity contribution >= 4 is 16.1 Å². The molecule has 0 saturated carbocycles. The molecule has 0 aliphatic heterocycles. The van der Waals surface area contributed by atoms with Gasteiger partial charge in [0.2, 0.25) is 0 Å². The number of carbonyl (C=O) groups is 1. The molecule has 1 N–H and O–H groups in total. The van der Waals surface area contributed by atoms with Crippen LogP contribution >= 0.6 is 0 Å². The lowest BCUT2D eigenvalue weighted by atomic mass is 10.1. The van der Waals surface area contributed by atoms with E-state index in [9.17, 15) is 13.2 Å². The summed E-state index contributed by atoms with van der Waals surface area (Å²) in [6.07, 6.45) is 3.38. The standard InChI is InChI=1S/C7H12O5S/c1-4-5-7(2,6(8)9)12-13(3,10)11/h4-5H,1-3H3,(H,8,9)/b5-4-. The monoisotopic (exact) mass is 208 g/mol. The fourth-order valence-electron chi connectivity index (χ4n) is 0.767. The maximum Gasteiger partial charge on any atom is 0.341 e. The summed E-state index contributed by atoms with van der Waals surface area (Å²) in [7, 11) is -3.78. The average Bonchev–Trinajstić information content (AvgIpc) is 1.82. The zero-order chi connectivity index (χ0) is 10.7. The predicted molar refractivity (Wildman–Crippen MR) is 46.8 cm³/mol. The fourth-order valence-corrected chi connectivity index (χ4v) is 1.52. The minimum Gasteiger partial charge on any atom is -0.479 e. The number of rotatable bonds is 4. The van der Waals surface area contributed by atoms with E-state index in [-0.39, 0.29) is 0 Å². The van der Waals surface area contributed by atoms with Crippen LogP contribution in [0.4, 0.5) is 0 Å². The van der Waals surface area contributed by atoms with Crippen molar-refractivity contribution in [3.63, 3.8) is 0 Å². The number of hydrogen-bond donors (Lipinski definition) is 1. The van der Waals surface area contributed by atoms with Gasteiger partial charge in [-0.2, -0.15) is 8.42 Å². The number of carboxylic acid groups (broad SMARTS) is 1. The first-order valence-corrected chi connectivity index (χ1v) is 5.31. The Kier molecular flexibility index (Phi) is 3.62. The smallest absolute Gasteiger partial charge is 0.341 e. The molecule has 0 spiro atoms. The van der Waals surface area contributed by atoms with Crippen molar-refractivity contribution < 1.29 is 22.5 Å². The first-order valence-electron chi connectivity index (χ1n) is 3.49. The van der Waals surface area contributed by atoms with Gasteiger partial charge in [-0.15, -0.1) is 0 Å². The highest BCUT2D eigenvalue weighted by Gasteiger charge is 2.35. The minimum atomic E-state index is -3.78. The molecule has 6 heteroatoms. The van der Waals surface area contributed by atoms with Gasteiger partial charge in [-0.25, -0.2) is 8.98 Å². The van der Waals surface area contributed by atoms with E-state index in [4.69, 9.17) is 5.11 Å². The summed E-state index contributed by atoms with van der Waals surface area (Å²) in [6.45, 7) is 2.74. The third-order valence-electron chi connectivity index (χ3n) is 1.23. The van der Waals surface area contributed by atoms with Crippen molar-refractivity contribution in [2.75, 3.05) is 6.26 Å². The number of hydrogen-bond acceptors (Lipinski definition) is 4. The highest BCUT2D eigenvalue weighted by Crippen LogP contribution is 2.15. The number of allylic oxidation sites excluding steroid dienone is 1. The van der Waals surface area contributed by atoms with E-state index in [0.29, 0.717) is 0 Å². The highest BCUT2D eigenvalue weighted by molar-refractivity contribution is 7.86. The Bertz CT molecular complexity index is 316. The van der Waals surface area contributed by atoms with E-state index < -0.39 is 21.7 Å². The SMILES string of the molecule is C/C=C\C(C)(OS(C)(=O)=O)C(=O)O. The Balaban J connectivity index is 4.94. The van der Waals surface area contributed by atoms with Crippen molar-refractivity contribution in [3.05, 3.63) is 12.2 Å². The summed E-state index contributed by atoms with van der Waals surface area (Å²) in [5.74, 6) is -1.35. The van der Waals surface area contributed by atoms with Gasteiger partial charge in [0.1, 0.15) is 0 Å². The van der Waals surface area contributed by atoms with Crippen LogP contribution in [0.25, 0.3) is 0 Å². The molecule has 0 heterocycles. The van der Waals surface area contributed by atoms with Gasteiger partial charge in [0, 0.05) is 0 Å². The maximum atomic E-state index is 10.7. The van der Waals surface area contributed by atoms with Crippen LogP contribution in [-0.4, -0.2) is 31.4 Å². The van der Waals surface area contributed by atoms with Gasteiger partial charge in [0.05, 0.1) is 6.26 Å². The van der Waals surface area contributed by atoms with Gasteiger partial charge in [-0.1, -0.05) is 6.08 Å². The number of carboxylic acids is 1. The van der Waals surface area contributed by atoms with Crippen LogP contribution in [0.2, 0.25) is 0 Å². The number of aliphatic carboxylic acids is 1. The van der Waals surface area contributed by atoms with Gasteiger partial charge in [0.15, 0.2) is 5.60 Å². The second kappa shape index (κ2) is 3.89. The minimum absolute atomic E-state index is 0.803. The Morgan fingerprint density at radius 3 is 2.23 bits per heavy atom. The lowest BCUT2D eigenvalue weighted by Gasteiger charge is -2.18. The van der Waals surface area contributed by atoms with Crippen LogP contribution in [0.3, 0.4) is 0 Å². The lowest BCUT2D eigenvalue weighted by molar-refractivity contribution is -0.149. The van der Waals surface area contributed by atoms with E-state index >= 15 is 0 Å². The molecule has 0 fully saturated rings. The predicted octanol–water partition coefficient (Wildman–Crippen LogP) is 0.382.